The number of halogens is 2. The van der Waals surface area contributed by atoms with Crippen LogP contribution in [0.3, 0.4) is 0 Å². The highest BCUT2D eigenvalue weighted by Crippen LogP contribution is 2.34. The van der Waals surface area contributed by atoms with Gasteiger partial charge in [0, 0.05) is 8.95 Å². The first-order valence-corrected chi connectivity index (χ1v) is 9.40. The Morgan fingerprint density at radius 3 is 1.31 bits per heavy atom. The van der Waals surface area contributed by atoms with Crippen LogP contribution < -0.4 is 9.47 Å². The van der Waals surface area contributed by atoms with Gasteiger partial charge in [-0.3, -0.25) is 0 Å². The molecule has 4 aromatic rings. The lowest BCUT2D eigenvalue weighted by molar-refractivity contribution is 0.436. The lowest BCUT2D eigenvalue weighted by Gasteiger charge is -2.11. The molecule has 0 saturated heterocycles. The molecule has 4 nitrogen and oxygen atoms in total. The summed E-state index contributed by atoms with van der Waals surface area (Å²) in [6.45, 7) is 0. The van der Waals surface area contributed by atoms with Crippen LogP contribution in [0, 0.1) is 0 Å². The normalized spacial score (nSPS) is 10.7. The number of hydrogen-bond donors (Lipinski definition) is 0. The third-order valence-electron chi connectivity index (χ3n) is 3.68. The van der Waals surface area contributed by atoms with Crippen molar-refractivity contribution in [1.82, 2.24) is 10.2 Å². The first kappa shape index (κ1) is 17.0. The number of fused-ring (bicyclic) bond motifs is 1. The Kier molecular flexibility index (Phi) is 4.86. The van der Waals surface area contributed by atoms with Crippen LogP contribution in [0.4, 0.5) is 0 Å². The molecule has 1 heterocycles. The van der Waals surface area contributed by atoms with E-state index in [1.54, 1.807) is 0 Å². The maximum Gasteiger partial charge on any atom is 0.247 e. The third kappa shape index (κ3) is 3.71. The minimum Gasteiger partial charge on any atom is -0.437 e. The van der Waals surface area contributed by atoms with Crippen molar-refractivity contribution in [2.75, 3.05) is 0 Å². The van der Waals surface area contributed by atoms with Crippen molar-refractivity contribution in [2.24, 2.45) is 0 Å². The van der Waals surface area contributed by atoms with Crippen molar-refractivity contribution in [2.45, 2.75) is 0 Å². The average Bonchev–Trinajstić information content (AvgIpc) is 2.67. The average molecular weight is 472 g/mol. The van der Waals surface area contributed by atoms with Crippen molar-refractivity contribution in [3.05, 3.63) is 81.7 Å². The minimum absolute atomic E-state index is 0.436. The number of hydrogen-bond acceptors (Lipinski definition) is 4. The van der Waals surface area contributed by atoms with Crippen LogP contribution in [0.1, 0.15) is 0 Å². The smallest absolute Gasteiger partial charge is 0.247 e. The van der Waals surface area contributed by atoms with Gasteiger partial charge in [0.25, 0.3) is 0 Å². The van der Waals surface area contributed by atoms with E-state index in [1.165, 1.54) is 0 Å². The van der Waals surface area contributed by atoms with E-state index in [9.17, 15) is 0 Å². The van der Waals surface area contributed by atoms with Crippen molar-refractivity contribution in [3.8, 4) is 23.3 Å². The van der Waals surface area contributed by atoms with Crippen LogP contribution in [-0.4, -0.2) is 10.2 Å². The SMILES string of the molecule is Brc1ccc(Oc2nnc(Oc3ccc(Br)cc3)c3ccccc23)cc1. The van der Waals surface area contributed by atoms with Gasteiger partial charge in [-0.05, 0) is 60.7 Å². The van der Waals surface area contributed by atoms with Gasteiger partial charge in [0.05, 0.1) is 10.8 Å². The minimum atomic E-state index is 0.436. The van der Waals surface area contributed by atoms with Crippen LogP contribution in [-0.2, 0) is 0 Å². The molecular weight excluding hydrogens is 460 g/mol. The highest BCUT2D eigenvalue weighted by molar-refractivity contribution is 9.10. The molecular formula is C20H12Br2N2O2. The van der Waals surface area contributed by atoms with E-state index < -0.39 is 0 Å². The zero-order valence-electron chi connectivity index (χ0n) is 13.4. The van der Waals surface area contributed by atoms with Crippen molar-refractivity contribution in [1.29, 1.82) is 0 Å². The highest BCUT2D eigenvalue weighted by atomic mass is 79.9. The van der Waals surface area contributed by atoms with E-state index in [-0.39, 0.29) is 0 Å². The summed E-state index contributed by atoms with van der Waals surface area (Å²) in [6, 6.07) is 22.9. The number of rotatable bonds is 4. The number of ether oxygens (including phenoxy) is 2. The van der Waals surface area contributed by atoms with E-state index in [0.29, 0.717) is 23.3 Å². The van der Waals surface area contributed by atoms with Gasteiger partial charge in [-0.25, -0.2) is 0 Å². The molecule has 0 spiro atoms. The molecule has 0 amide bonds. The van der Waals surface area contributed by atoms with Gasteiger partial charge in [-0.2, -0.15) is 0 Å². The monoisotopic (exact) mass is 470 g/mol. The largest absolute Gasteiger partial charge is 0.437 e. The van der Waals surface area contributed by atoms with Crippen LogP contribution in [0.15, 0.2) is 81.7 Å². The highest BCUT2D eigenvalue weighted by Gasteiger charge is 2.12. The molecule has 0 aliphatic rings. The standard InChI is InChI=1S/C20H12Br2N2O2/c21-13-5-9-15(10-6-13)25-19-17-3-1-2-4-18(17)20(24-23-19)26-16-11-7-14(22)8-12-16/h1-12H. The zero-order valence-corrected chi connectivity index (χ0v) is 16.6. The number of benzene rings is 3. The lowest BCUT2D eigenvalue weighted by Crippen LogP contribution is -1.96. The molecule has 0 N–H and O–H groups in total. The topological polar surface area (TPSA) is 44.2 Å². The summed E-state index contributed by atoms with van der Waals surface area (Å²) in [5.41, 5.74) is 0. The fourth-order valence-corrected chi connectivity index (χ4v) is 2.96. The number of aromatic nitrogens is 2. The molecule has 0 aliphatic carbocycles. The van der Waals surface area contributed by atoms with E-state index in [4.69, 9.17) is 9.47 Å². The first-order valence-electron chi connectivity index (χ1n) is 7.81. The summed E-state index contributed by atoms with van der Waals surface area (Å²) in [5.74, 6) is 2.25. The van der Waals surface area contributed by atoms with Gasteiger partial charge >= 0.3 is 0 Å². The summed E-state index contributed by atoms with van der Waals surface area (Å²) in [6.07, 6.45) is 0. The fraction of sp³-hybridized carbons (Fsp3) is 0. The second-order valence-corrected chi connectivity index (χ2v) is 7.30. The molecule has 0 fully saturated rings. The Hall–Kier alpha value is -2.44. The molecule has 0 radical (unpaired) electrons. The van der Waals surface area contributed by atoms with Crippen LogP contribution >= 0.6 is 31.9 Å². The summed E-state index contributed by atoms with van der Waals surface area (Å²) in [7, 11) is 0. The molecule has 0 unspecified atom stereocenters. The second kappa shape index (κ2) is 7.43. The van der Waals surface area contributed by atoms with Crippen molar-refractivity contribution in [3.63, 3.8) is 0 Å². The van der Waals surface area contributed by atoms with Gasteiger partial charge < -0.3 is 9.47 Å². The molecule has 0 saturated carbocycles. The Morgan fingerprint density at radius 1 is 0.538 bits per heavy atom. The molecule has 1 aromatic heterocycles. The molecule has 0 atom stereocenters. The summed E-state index contributed by atoms with van der Waals surface area (Å²) in [4.78, 5) is 0. The first-order chi connectivity index (χ1) is 12.7. The maximum atomic E-state index is 5.91. The Labute approximate surface area is 167 Å². The van der Waals surface area contributed by atoms with Crippen LogP contribution in [0.2, 0.25) is 0 Å². The Balaban J connectivity index is 1.70. The van der Waals surface area contributed by atoms with Crippen LogP contribution in [0.25, 0.3) is 10.8 Å². The Bertz CT molecular complexity index is 966. The van der Waals surface area contributed by atoms with E-state index in [2.05, 4.69) is 42.1 Å². The zero-order chi connectivity index (χ0) is 17.9. The summed E-state index contributed by atoms with van der Waals surface area (Å²) >= 11 is 6.83. The maximum absolute atomic E-state index is 5.91. The van der Waals surface area contributed by atoms with E-state index >= 15 is 0 Å². The quantitative estimate of drug-likeness (QED) is 0.330. The Morgan fingerprint density at radius 2 is 0.923 bits per heavy atom. The predicted octanol–water partition coefficient (Wildman–Crippen LogP) is 6.74. The molecule has 6 heteroatoms. The molecule has 0 aliphatic heterocycles. The molecule has 0 bridgehead atoms. The van der Waals surface area contributed by atoms with Gasteiger partial charge in [0.15, 0.2) is 0 Å². The van der Waals surface area contributed by atoms with E-state index in [0.717, 1.165) is 19.7 Å². The van der Waals surface area contributed by atoms with Crippen LogP contribution in [0.5, 0.6) is 23.3 Å². The van der Waals surface area contributed by atoms with Gasteiger partial charge in [0.2, 0.25) is 11.8 Å². The second-order valence-electron chi connectivity index (χ2n) is 5.47. The van der Waals surface area contributed by atoms with Gasteiger partial charge in [0.1, 0.15) is 11.5 Å². The molecule has 4 rings (SSSR count). The van der Waals surface area contributed by atoms with E-state index in [1.807, 2.05) is 72.8 Å². The predicted molar refractivity (Wildman–Crippen MR) is 108 cm³/mol. The van der Waals surface area contributed by atoms with Gasteiger partial charge in [-0.15, -0.1) is 10.2 Å². The molecule has 128 valence electrons. The summed E-state index contributed by atoms with van der Waals surface area (Å²) < 4.78 is 13.8. The fourth-order valence-electron chi connectivity index (χ4n) is 2.43. The molecule has 26 heavy (non-hydrogen) atoms. The third-order valence-corrected chi connectivity index (χ3v) is 4.73. The lowest BCUT2D eigenvalue weighted by atomic mass is 10.2. The van der Waals surface area contributed by atoms with Crippen molar-refractivity contribution >= 4 is 42.6 Å². The number of nitrogens with zero attached hydrogens (tertiary/aromatic N) is 2. The van der Waals surface area contributed by atoms with Crippen molar-refractivity contribution < 1.29 is 9.47 Å². The molecule has 3 aromatic carbocycles. The van der Waals surface area contributed by atoms with Gasteiger partial charge in [-0.1, -0.05) is 44.0 Å². The summed E-state index contributed by atoms with van der Waals surface area (Å²) in [5, 5.41) is 10.1.